The number of rotatable bonds is 2. The van der Waals surface area contributed by atoms with E-state index >= 15 is 0 Å². The standard InChI is InChI=1S/C9H13N3O/c13-9-7-12(4-3-11-9)6-8-1-2-10-5-8/h1-2,5,10H,3-4,6-7H2,(H,11,13). The average Bonchev–Trinajstić information content (AvgIpc) is 2.57. The Labute approximate surface area is 76.9 Å². The summed E-state index contributed by atoms with van der Waals surface area (Å²) in [5.74, 6) is 0.127. The number of nitrogens with one attached hydrogen (secondary N) is 2. The van der Waals surface area contributed by atoms with Crippen LogP contribution in [0.3, 0.4) is 0 Å². The van der Waals surface area contributed by atoms with E-state index in [-0.39, 0.29) is 5.91 Å². The van der Waals surface area contributed by atoms with Gasteiger partial charge in [-0.3, -0.25) is 9.69 Å². The van der Waals surface area contributed by atoms with Crippen molar-refractivity contribution < 1.29 is 4.79 Å². The molecule has 0 aromatic carbocycles. The van der Waals surface area contributed by atoms with Crippen LogP contribution in [0.15, 0.2) is 18.5 Å². The van der Waals surface area contributed by atoms with Crippen LogP contribution in [0.2, 0.25) is 0 Å². The van der Waals surface area contributed by atoms with Crippen molar-refractivity contribution in [2.45, 2.75) is 6.54 Å². The molecule has 13 heavy (non-hydrogen) atoms. The van der Waals surface area contributed by atoms with Crippen molar-refractivity contribution in [3.63, 3.8) is 0 Å². The van der Waals surface area contributed by atoms with Crippen molar-refractivity contribution in [3.05, 3.63) is 24.0 Å². The monoisotopic (exact) mass is 179 g/mol. The summed E-state index contributed by atoms with van der Waals surface area (Å²) >= 11 is 0. The molecule has 4 heteroatoms. The second kappa shape index (κ2) is 3.62. The zero-order chi connectivity index (χ0) is 9.10. The molecule has 0 saturated carbocycles. The van der Waals surface area contributed by atoms with Crippen molar-refractivity contribution >= 4 is 5.91 Å². The van der Waals surface area contributed by atoms with Gasteiger partial charge in [-0.2, -0.15) is 0 Å². The first-order valence-electron chi connectivity index (χ1n) is 4.45. The van der Waals surface area contributed by atoms with E-state index in [1.165, 1.54) is 5.56 Å². The van der Waals surface area contributed by atoms with Gasteiger partial charge in [0.1, 0.15) is 0 Å². The molecule has 1 aliphatic heterocycles. The van der Waals surface area contributed by atoms with Crippen LogP contribution in [-0.4, -0.2) is 35.4 Å². The Morgan fingerprint density at radius 2 is 2.46 bits per heavy atom. The molecule has 0 aliphatic carbocycles. The lowest BCUT2D eigenvalue weighted by Crippen LogP contribution is -2.47. The molecule has 1 fully saturated rings. The van der Waals surface area contributed by atoms with Crippen LogP contribution in [-0.2, 0) is 11.3 Å². The topological polar surface area (TPSA) is 48.1 Å². The van der Waals surface area contributed by atoms with E-state index in [1.54, 1.807) is 0 Å². The van der Waals surface area contributed by atoms with E-state index < -0.39 is 0 Å². The predicted molar refractivity (Wildman–Crippen MR) is 49.1 cm³/mol. The van der Waals surface area contributed by atoms with Gasteiger partial charge < -0.3 is 10.3 Å². The third-order valence-corrected chi connectivity index (χ3v) is 2.19. The molecule has 0 bridgehead atoms. The van der Waals surface area contributed by atoms with E-state index in [0.717, 1.165) is 19.6 Å². The van der Waals surface area contributed by atoms with Crippen LogP contribution in [0.1, 0.15) is 5.56 Å². The Morgan fingerprint density at radius 3 is 3.15 bits per heavy atom. The SMILES string of the molecule is O=C1CN(Cc2cc[nH]c2)CCN1. The number of nitrogens with zero attached hydrogens (tertiary/aromatic N) is 1. The fraction of sp³-hybridized carbons (Fsp3) is 0.444. The molecule has 0 radical (unpaired) electrons. The molecule has 1 aromatic heterocycles. The largest absolute Gasteiger partial charge is 0.367 e. The average molecular weight is 179 g/mol. The fourth-order valence-electron chi connectivity index (χ4n) is 1.54. The molecule has 1 saturated heterocycles. The van der Waals surface area contributed by atoms with Crippen molar-refractivity contribution in [1.82, 2.24) is 15.2 Å². The lowest BCUT2D eigenvalue weighted by Gasteiger charge is -2.25. The summed E-state index contributed by atoms with van der Waals surface area (Å²) in [7, 11) is 0. The van der Waals surface area contributed by atoms with Gasteiger partial charge >= 0.3 is 0 Å². The third kappa shape index (κ3) is 2.09. The number of hydrogen-bond donors (Lipinski definition) is 2. The number of carbonyl (C=O) groups is 1. The molecule has 0 atom stereocenters. The first-order valence-corrected chi connectivity index (χ1v) is 4.45. The maximum atomic E-state index is 11.0. The molecular formula is C9H13N3O. The molecule has 1 aliphatic rings. The summed E-state index contributed by atoms with van der Waals surface area (Å²) in [5.41, 5.74) is 1.23. The van der Waals surface area contributed by atoms with E-state index in [2.05, 4.69) is 15.2 Å². The summed E-state index contributed by atoms with van der Waals surface area (Å²) in [6.07, 6.45) is 3.87. The van der Waals surface area contributed by atoms with E-state index in [9.17, 15) is 4.79 Å². The van der Waals surface area contributed by atoms with Crippen LogP contribution >= 0.6 is 0 Å². The van der Waals surface area contributed by atoms with Crippen LogP contribution in [0.25, 0.3) is 0 Å². The molecule has 70 valence electrons. The van der Waals surface area contributed by atoms with Gasteiger partial charge in [0.25, 0.3) is 0 Å². The highest BCUT2D eigenvalue weighted by Gasteiger charge is 2.15. The van der Waals surface area contributed by atoms with Gasteiger partial charge in [0.05, 0.1) is 6.54 Å². The quantitative estimate of drug-likeness (QED) is 0.668. The van der Waals surface area contributed by atoms with Crippen molar-refractivity contribution in [2.24, 2.45) is 0 Å². The van der Waals surface area contributed by atoms with Crippen LogP contribution in [0.4, 0.5) is 0 Å². The lowest BCUT2D eigenvalue weighted by molar-refractivity contribution is -0.124. The van der Waals surface area contributed by atoms with E-state index in [1.807, 2.05) is 18.5 Å². The van der Waals surface area contributed by atoms with Crippen LogP contribution < -0.4 is 5.32 Å². The van der Waals surface area contributed by atoms with Crippen LogP contribution in [0.5, 0.6) is 0 Å². The molecule has 0 spiro atoms. The summed E-state index contributed by atoms with van der Waals surface area (Å²) in [5, 5.41) is 2.80. The summed E-state index contributed by atoms with van der Waals surface area (Å²) < 4.78 is 0. The van der Waals surface area contributed by atoms with Crippen molar-refractivity contribution in [1.29, 1.82) is 0 Å². The molecule has 1 aromatic rings. The molecule has 1 amide bonds. The maximum absolute atomic E-state index is 11.0. The number of carbonyl (C=O) groups excluding carboxylic acids is 1. The van der Waals surface area contributed by atoms with Crippen molar-refractivity contribution in [2.75, 3.05) is 19.6 Å². The first kappa shape index (κ1) is 8.31. The number of H-pyrrole nitrogens is 1. The normalized spacial score (nSPS) is 18.6. The smallest absolute Gasteiger partial charge is 0.234 e. The second-order valence-corrected chi connectivity index (χ2v) is 3.28. The van der Waals surface area contributed by atoms with Gasteiger partial charge in [-0.15, -0.1) is 0 Å². The number of piperazine rings is 1. The van der Waals surface area contributed by atoms with Gasteiger partial charge in [-0.05, 0) is 11.6 Å². The molecule has 2 rings (SSSR count). The summed E-state index contributed by atoms with van der Waals surface area (Å²) in [6, 6.07) is 2.03. The molecule has 2 N–H and O–H groups in total. The minimum absolute atomic E-state index is 0.127. The minimum atomic E-state index is 0.127. The van der Waals surface area contributed by atoms with Gasteiger partial charge in [-0.25, -0.2) is 0 Å². The number of hydrogen-bond acceptors (Lipinski definition) is 2. The number of aromatic amines is 1. The first-order chi connectivity index (χ1) is 6.34. The van der Waals surface area contributed by atoms with Gasteiger partial charge in [0.2, 0.25) is 5.91 Å². The van der Waals surface area contributed by atoms with Crippen molar-refractivity contribution in [3.8, 4) is 0 Å². The predicted octanol–water partition coefficient (Wildman–Crippen LogP) is -0.0535. The Bertz CT molecular complexity index is 281. The number of aromatic nitrogens is 1. The third-order valence-electron chi connectivity index (χ3n) is 2.19. The highest BCUT2D eigenvalue weighted by Crippen LogP contribution is 2.03. The molecule has 0 unspecified atom stereocenters. The maximum Gasteiger partial charge on any atom is 0.234 e. The Kier molecular flexibility index (Phi) is 2.31. The highest BCUT2D eigenvalue weighted by atomic mass is 16.2. The zero-order valence-electron chi connectivity index (χ0n) is 7.42. The van der Waals surface area contributed by atoms with Gasteiger partial charge in [0, 0.05) is 32.0 Å². The zero-order valence-corrected chi connectivity index (χ0v) is 7.42. The molecule has 4 nitrogen and oxygen atoms in total. The van der Waals surface area contributed by atoms with Gasteiger partial charge in [-0.1, -0.05) is 0 Å². The Balaban J connectivity index is 1.91. The second-order valence-electron chi connectivity index (χ2n) is 3.28. The van der Waals surface area contributed by atoms with E-state index in [4.69, 9.17) is 0 Å². The minimum Gasteiger partial charge on any atom is -0.367 e. The Hall–Kier alpha value is -1.29. The Morgan fingerprint density at radius 1 is 1.54 bits per heavy atom. The molecule has 2 heterocycles. The lowest BCUT2D eigenvalue weighted by atomic mass is 10.3. The fourth-order valence-corrected chi connectivity index (χ4v) is 1.54. The van der Waals surface area contributed by atoms with Crippen LogP contribution in [0, 0.1) is 0 Å². The molecular weight excluding hydrogens is 166 g/mol. The highest BCUT2D eigenvalue weighted by molar-refractivity contribution is 5.78. The number of amides is 1. The van der Waals surface area contributed by atoms with E-state index in [0.29, 0.717) is 6.54 Å². The summed E-state index contributed by atoms with van der Waals surface area (Å²) in [4.78, 5) is 16.2. The summed E-state index contributed by atoms with van der Waals surface area (Å²) in [6.45, 7) is 3.09. The van der Waals surface area contributed by atoms with Gasteiger partial charge in [0.15, 0.2) is 0 Å².